The number of hydrogen-bond acceptors (Lipinski definition) is 2. The number of hydrogen-bond donors (Lipinski definition) is 2. The van der Waals surface area contributed by atoms with E-state index in [-0.39, 0.29) is 5.41 Å². The smallest absolute Gasteiger partial charge is 0.0771 e. The first-order valence-electron chi connectivity index (χ1n) is 7.43. The third kappa shape index (κ3) is 3.80. The molecule has 0 bridgehead atoms. The maximum atomic E-state index is 10.1. The van der Waals surface area contributed by atoms with Crippen LogP contribution in [0.25, 0.3) is 0 Å². The van der Waals surface area contributed by atoms with E-state index < -0.39 is 5.60 Å². The van der Waals surface area contributed by atoms with Gasteiger partial charge in [-0.25, -0.2) is 0 Å². The van der Waals surface area contributed by atoms with Crippen LogP contribution < -0.4 is 5.32 Å². The van der Waals surface area contributed by atoms with Crippen LogP contribution in [0.3, 0.4) is 0 Å². The van der Waals surface area contributed by atoms with Crippen LogP contribution in [0.5, 0.6) is 0 Å². The molecule has 2 rings (SSSR count). The van der Waals surface area contributed by atoms with Crippen molar-refractivity contribution in [3.8, 4) is 0 Å². The Kier molecular flexibility index (Phi) is 4.32. The number of nitrogens with one attached hydrogen (secondary N) is 1. The summed E-state index contributed by atoms with van der Waals surface area (Å²) < 4.78 is 0. The van der Waals surface area contributed by atoms with Crippen LogP contribution in [0.4, 0.5) is 0 Å². The Balaban J connectivity index is 1.85. The highest BCUT2D eigenvalue weighted by molar-refractivity contribution is 5.23. The largest absolute Gasteiger partial charge is 0.389 e. The lowest BCUT2D eigenvalue weighted by molar-refractivity contribution is -0.0333. The number of aliphatic hydroxyl groups is 1. The molecule has 2 heteroatoms. The fourth-order valence-corrected chi connectivity index (χ4v) is 2.97. The third-order valence-electron chi connectivity index (χ3n) is 4.44. The van der Waals surface area contributed by atoms with E-state index >= 15 is 0 Å². The molecule has 2 nitrogen and oxygen atoms in total. The summed E-state index contributed by atoms with van der Waals surface area (Å²) in [6.45, 7) is 7.53. The van der Waals surface area contributed by atoms with Crippen molar-refractivity contribution < 1.29 is 5.11 Å². The zero-order valence-electron chi connectivity index (χ0n) is 12.4. The van der Waals surface area contributed by atoms with E-state index in [2.05, 4.69) is 56.4 Å². The van der Waals surface area contributed by atoms with Gasteiger partial charge in [0.25, 0.3) is 0 Å². The first kappa shape index (κ1) is 14.5. The second-order valence-corrected chi connectivity index (χ2v) is 6.81. The maximum absolute atomic E-state index is 10.1. The molecule has 2 N–H and O–H groups in total. The van der Waals surface area contributed by atoms with E-state index in [1.165, 1.54) is 12.0 Å². The monoisotopic (exact) mass is 261 g/mol. The molecule has 1 aliphatic rings. The Hall–Kier alpha value is -0.860. The van der Waals surface area contributed by atoms with Crippen molar-refractivity contribution in [2.45, 2.75) is 63.5 Å². The molecule has 1 aromatic rings. The van der Waals surface area contributed by atoms with Crippen molar-refractivity contribution in [3.63, 3.8) is 0 Å². The summed E-state index contributed by atoms with van der Waals surface area (Å²) in [7, 11) is 0. The predicted molar refractivity (Wildman–Crippen MR) is 80.4 cm³/mol. The van der Waals surface area contributed by atoms with Crippen LogP contribution in [-0.4, -0.2) is 23.3 Å². The Morgan fingerprint density at radius 3 is 2.42 bits per heavy atom. The van der Waals surface area contributed by atoms with Gasteiger partial charge in [0.2, 0.25) is 0 Å². The second-order valence-electron chi connectivity index (χ2n) is 6.81. The first-order chi connectivity index (χ1) is 8.91. The number of benzene rings is 1. The lowest BCUT2D eigenvalue weighted by atomic mass is 9.78. The lowest BCUT2D eigenvalue weighted by Gasteiger charge is -2.38. The minimum Gasteiger partial charge on any atom is -0.389 e. The van der Waals surface area contributed by atoms with E-state index in [4.69, 9.17) is 0 Å². The molecular formula is C17H27NO. The molecule has 1 atom stereocenters. The molecule has 1 unspecified atom stereocenters. The topological polar surface area (TPSA) is 32.3 Å². The van der Waals surface area contributed by atoms with Gasteiger partial charge in [-0.15, -0.1) is 0 Å². The molecule has 0 aromatic heterocycles. The van der Waals surface area contributed by atoms with Crippen molar-refractivity contribution in [3.05, 3.63) is 35.9 Å². The van der Waals surface area contributed by atoms with Gasteiger partial charge >= 0.3 is 0 Å². The van der Waals surface area contributed by atoms with Crippen LogP contribution in [0, 0.1) is 0 Å². The van der Waals surface area contributed by atoms with Crippen LogP contribution in [-0.2, 0) is 5.41 Å². The van der Waals surface area contributed by atoms with E-state index in [1.54, 1.807) is 0 Å². The Morgan fingerprint density at radius 1 is 1.26 bits per heavy atom. The van der Waals surface area contributed by atoms with E-state index in [9.17, 15) is 5.11 Å². The molecule has 19 heavy (non-hydrogen) atoms. The molecule has 106 valence electrons. The van der Waals surface area contributed by atoms with Crippen molar-refractivity contribution in [2.75, 3.05) is 6.54 Å². The van der Waals surface area contributed by atoms with Gasteiger partial charge in [0.15, 0.2) is 0 Å². The standard InChI is InChI=1S/C17H27NO/c1-14(18-13-17(19)10-7-11-17)12-16(2,3)15-8-5-4-6-9-15/h4-6,8-9,14,18-19H,7,10-13H2,1-3H3. The van der Waals surface area contributed by atoms with Gasteiger partial charge in [0, 0.05) is 12.6 Å². The Bertz CT molecular complexity index is 395. The fourth-order valence-electron chi connectivity index (χ4n) is 2.97. The Morgan fingerprint density at radius 2 is 1.89 bits per heavy atom. The first-order valence-corrected chi connectivity index (χ1v) is 7.43. The number of rotatable bonds is 6. The summed E-state index contributed by atoms with van der Waals surface area (Å²) in [6, 6.07) is 11.1. The normalized spacial score (nSPS) is 19.8. The van der Waals surface area contributed by atoms with Gasteiger partial charge in [0.05, 0.1) is 5.60 Å². The highest BCUT2D eigenvalue weighted by atomic mass is 16.3. The predicted octanol–water partition coefficient (Wildman–Crippen LogP) is 3.25. The molecule has 0 amide bonds. The third-order valence-corrected chi connectivity index (χ3v) is 4.44. The second kappa shape index (κ2) is 5.64. The van der Waals surface area contributed by atoms with Gasteiger partial charge in [-0.3, -0.25) is 0 Å². The van der Waals surface area contributed by atoms with E-state index in [0.717, 1.165) is 25.8 Å². The van der Waals surface area contributed by atoms with E-state index in [1.807, 2.05) is 0 Å². The zero-order valence-corrected chi connectivity index (χ0v) is 12.4. The highest BCUT2D eigenvalue weighted by Gasteiger charge is 2.34. The summed E-state index contributed by atoms with van der Waals surface area (Å²) in [4.78, 5) is 0. The van der Waals surface area contributed by atoms with Crippen LogP contribution >= 0.6 is 0 Å². The van der Waals surface area contributed by atoms with Crippen molar-refractivity contribution >= 4 is 0 Å². The molecule has 0 radical (unpaired) electrons. The fraction of sp³-hybridized carbons (Fsp3) is 0.647. The molecule has 1 saturated carbocycles. The zero-order chi connectivity index (χ0) is 13.9. The molecule has 0 spiro atoms. The minimum atomic E-state index is -0.425. The SMILES string of the molecule is CC(CC(C)(C)c1ccccc1)NCC1(O)CCC1. The summed E-state index contributed by atoms with van der Waals surface area (Å²) in [5, 5.41) is 13.6. The van der Waals surface area contributed by atoms with Gasteiger partial charge in [-0.1, -0.05) is 44.2 Å². The van der Waals surface area contributed by atoms with E-state index in [0.29, 0.717) is 6.04 Å². The Labute approximate surface area is 117 Å². The van der Waals surface area contributed by atoms with Gasteiger partial charge in [-0.2, -0.15) is 0 Å². The minimum absolute atomic E-state index is 0.163. The highest BCUT2D eigenvalue weighted by Crippen LogP contribution is 2.32. The van der Waals surface area contributed by atoms with Crippen molar-refractivity contribution in [1.29, 1.82) is 0 Å². The van der Waals surface area contributed by atoms with Crippen LogP contribution in [0.2, 0.25) is 0 Å². The molecule has 1 aliphatic carbocycles. The molecule has 0 aliphatic heterocycles. The van der Waals surface area contributed by atoms with Gasteiger partial charge in [-0.05, 0) is 43.6 Å². The maximum Gasteiger partial charge on any atom is 0.0771 e. The van der Waals surface area contributed by atoms with Crippen molar-refractivity contribution in [1.82, 2.24) is 5.32 Å². The average molecular weight is 261 g/mol. The summed E-state index contributed by atoms with van der Waals surface area (Å²) in [5.74, 6) is 0. The molecule has 1 fully saturated rings. The van der Waals surface area contributed by atoms with Crippen LogP contribution in [0.1, 0.15) is 52.0 Å². The van der Waals surface area contributed by atoms with Crippen LogP contribution in [0.15, 0.2) is 30.3 Å². The summed E-state index contributed by atoms with van der Waals surface area (Å²) >= 11 is 0. The molecule has 1 aromatic carbocycles. The molecule has 0 heterocycles. The lowest BCUT2D eigenvalue weighted by Crippen LogP contribution is -2.49. The average Bonchev–Trinajstić information content (AvgIpc) is 2.35. The molecular weight excluding hydrogens is 234 g/mol. The summed E-state index contributed by atoms with van der Waals surface area (Å²) in [6.07, 6.45) is 4.15. The van der Waals surface area contributed by atoms with Crippen molar-refractivity contribution in [2.24, 2.45) is 0 Å². The van der Waals surface area contributed by atoms with Gasteiger partial charge in [0.1, 0.15) is 0 Å². The molecule has 0 saturated heterocycles. The quantitative estimate of drug-likeness (QED) is 0.824. The van der Waals surface area contributed by atoms with Gasteiger partial charge < -0.3 is 10.4 Å². The summed E-state index contributed by atoms with van der Waals surface area (Å²) in [5.41, 5.74) is 1.12.